The number of alkyl halides is 3. The predicted octanol–water partition coefficient (Wildman–Crippen LogP) is 1.76. The van der Waals surface area contributed by atoms with Crippen molar-refractivity contribution in [3.05, 3.63) is 17.2 Å². The third-order valence-corrected chi connectivity index (χ3v) is 1.95. The summed E-state index contributed by atoms with van der Waals surface area (Å²) in [5.74, 6) is -0.502. The maximum atomic E-state index is 12.1. The zero-order valence-corrected chi connectivity index (χ0v) is 8.76. The highest BCUT2D eigenvalue weighted by molar-refractivity contribution is 5.37. The molecule has 0 spiro atoms. The zero-order chi connectivity index (χ0) is 12.3. The summed E-state index contributed by atoms with van der Waals surface area (Å²) in [5.41, 5.74) is 6.13. The van der Waals surface area contributed by atoms with Crippen molar-refractivity contribution in [3.63, 3.8) is 0 Å². The van der Waals surface area contributed by atoms with Crippen molar-refractivity contribution in [3.8, 4) is 11.8 Å². The van der Waals surface area contributed by atoms with Gasteiger partial charge in [-0.05, 0) is 12.5 Å². The highest BCUT2D eigenvalue weighted by Gasteiger charge is 2.33. The van der Waals surface area contributed by atoms with Gasteiger partial charge in [-0.1, -0.05) is 0 Å². The fraction of sp³-hybridized carbons (Fsp3) is 0.444. The molecule has 0 saturated heterocycles. The number of pyridine rings is 1. The molecule has 1 aromatic rings. The van der Waals surface area contributed by atoms with Crippen LogP contribution >= 0.6 is 0 Å². The summed E-state index contributed by atoms with van der Waals surface area (Å²) in [6.07, 6.45) is -4.78. The second-order valence-electron chi connectivity index (χ2n) is 3.01. The summed E-state index contributed by atoms with van der Waals surface area (Å²) in [7, 11) is 1.30. The van der Waals surface area contributed by atoms with Crippen LogP contribution in [0.2, 0.25) is 0 Å². The number of nitrogens with zero attached hydrogens (tertiary/aromatic N) is 1. The van der Waals surface area contributed by atoms with Gasteiger partial charge in [-0.3, -0.25) is 0 Å². The first-order valence-electron chi connectivity index (χ1n) is 4.37. The van der Waals surface area contributed by atoms with Crippen molar-refractivity contribution in [1.29, 1.82) is 0 Å². The van der Waals surface area contributed by atoms with Gasteiger partial charge in [-0.25, -0.2) is 0 Å². The Balaban J connectivity index is 3.16. The van der Waals surface area contributed by atoms with E-state index in [1.165, 1.54) is 20.1 Å². The minimum Gasteiger partial charge on any atom is -0.481 e. The topological polar surface area (TPSA) is 57.4 Å². The summed E-state index contributed by atoms with van der Waals surface area (Å²) >= 11 is 0. The van der Waals surface area contributed by atoms with Crippen molar-refractivity contribution in [2.24, 2.45) is 5.73 Å². The monoisotopic (exact) mass is 236 g/mol. The van der Waals surface area contributed by atoms with Crippen molar-refractivity contribution in [2.45, 2.75) is 19.8 Å². The molecule has 0 aromatic carbocycles. The molecule has 0 amide bonds. The van der Waals surface area contributed by atoms with Crippen molar-refractivity contribution in [1.82, 2.24) is 4.98 Å². The molecule has 0 unspecified atom stereocenters. The standard InChI is InChI=1S/C9H11F3N2O2/c1-5-6(4-13)3-7(15-2)14-8(5)16-9(10,11)12/h3H,4,13H2,1-2H3. The fourth-order valence-electron chi connectivity index (χ4n) is 1.14. The molecule has 0 aliphatic carbocycles. The van der Waals surface area contributed by atoms with E-state index in [2.05, 4.69) is 9.72 Å². The lowest BCUT2D eigenvalue weighted by Crippen LogP contribution is -2.19. The molecule has 0 atom stereocenters. The Kier molecular flexibility index (Phi) is 3.58. The summed E-state index contributed by atoms with van der Waals surface area (Å²) in [6, 6.07) is 1.47. The molecule has 2 N–H and O–H groups in total. The van der Waals surface area contributed by atoms with Gasteiger partial charge in [0.05, 0.1) is 7.11 Å². The quantitative estimate of drug-likeness (QED) is 0.868. The van der Waals surface area contributed by atoms with Crippen LogP contribution in [0.25, 0.3) is 0 Å². The minimum atomic E-state index is -4.78. The van der Waals surface area contributed by atoms with Crippen LogP contribution < -0.4 is 15.2 Å². The van der Waals surface area contributed by atoms with Crippen LogP contribution in [-0.2, 0) is 6.54 Å². The molecular weight excluding hydrogens is 225 g/mol. The fourth-order valence-corrected chi connectivity index (χ4v) is 1.14. The Hall–Kier alpha value is -1.50. The highest BCUT2D eigenvalue weighted by Crippen LogP contribution is 2.28. The molecule has 0 radical (unpaired) electrons. The Morgan fingerprint density at radius 3 is 2.50 bits per heavy atom. The van der Waals surface area contributed by atoms with Gasteiger partial charge in [0.15, 0.2) is 0 Å². The van der Waals surface area contributed by atoms with Crippen LogP contribution in [0.5, 0.6) is 11.8 Å². The molecule has 0 bridgehead atoms. The van der Waals surface area contributed by atoms with Crippen LogP contribution in [0.15, 0.2) is 6.07 Å². The lowest BCUT2D eigenvalue weighted by Gasteiger charge is -2.13. The molecule has 0 saturated carbocycles. The summed E-state index contributed by atoms with van der Waals surface area (Å²) in [5, 5.41) is 0. The Bertz CT molecular complexity index is 380. The maximum absolute atomic E-state index is 12.1. The molecule has 0 aliphatic heterocycles. The second-order valence-corrected chi connectivity index (χ2v) is 3.01. The van der Waals surface area contributed by atoms with Gasteiger partial charge in [0.25, 0.3) is 0 Å². The lowest BCUT2D eigenvalue weighted by molar-refractivity contribution is -0.276. The minimum absolute atomic E-state index is 0.0327. The van der Waals surface area contributed by atoms with Gasteiger partial charge < -0.3 is 15.2 Å². The van der Waals surface area contributed by atoms with Crippen LogP contribution in [0, 0.1) is 6.92 Å². The van der Waals surface area contributed by atoms with Crippen molar-refractivity contribution < 1.29 is 22.6 Å². The molecule has 16 heavy (non-hydrogen) atoms. The van der Waals surface area contributed by atoms with E-state index in [1.807, 2.05) is 0 Å². The SMILES string of the molecule is COc1cc(CN)c(C)c(OC(F)(F)F)n1. The van der Waals surface area contributed by atoms with Crippen LogP contribution in [0.4, 0.5) is 13.2 Å². The van der Waals surface area contributed by atoms with E-state index in [0.29, 0.717) is 5.56 Å². The number of nitrogens with two attached hydrogens (primary N) is 1. The number of hydrogen-bond donors (Lipinski definition) is 1. The molecule has 1 aromatic heterocycles. The van der Waals surface area contributed by atoms with Gasteiger partial charge >= 0.3 is 6.36 Å². The summed E-state index contributed by atoms with van der Waals surface area (Å²) in [4.78, 5) is 3.56. The Morgan fingerprint density at radius 1 is 1.44 bits per heavy atom. The first-order chi connectivity index (χ1) is 7.37. The van der Waals surface area contributed by atoms with Gasteiger partial charge in [0.1, 0.15) is 0 Å². The summed E-state index contributed by atoms with van der Waals surface area (Å²) < 4.78 is 44.7. The molecule has 90 valence electrons. The van der Waals surface area contributed by atoms with Gasteiger partial charge in [-0.2, -0.15) is 4.98 Å². The number of rotatable bonds is 3. The lowest BCUT2D eigenvalue weighted by atomic mass is 10.1. The van der Waals surface area contributed by atoms with E-state index in [0.717, 1.165) is 0 Å². The third-order valence-electron chi connectivity index (χ3n) is 1.95. The van der Waals surface area contributed by atoms with Gasteiger partial charge in [-0.15, -0.1) is 13.2 Å². The number of halogens is 3. The third kappa shape index (κ3) is 2.99. The zero-order valence-electron chi connectivity index (χ0n) is 8.76. The van der Waals surface area contributed by atoms with E-state index in [9.17, 15) is 13.2 Å². The number of methoxy groups -OCH3 is 1. The average Bonchev–Trinajstić information content (AvgIpc) is 2.19. The second kappa shape index (κ2) is 4.56. The smallest absolute Gasteiger partial charge is 0.481 e. The number of hydrogen-bond acceptors (Lipinski definition) is 4. The first kappa shape index (κ1) is 12.6. The molecule has 0 aliphatic rings. The normalized spacial score (nSPS) is 11.4. The van der Waals surface area contributed by atoms with E-state index >= 15 is 0 Å². The maximum Gasteiger partial charge on any atom is 0.574 e. The molecule has 0 fully saturated rings. The van der Waals surface area contributed by atoms with E-state index < -0.39 is 12.2 Å². The van der Waals surface area contributed by atoms with E-state index in [-0.39, 0.29) is 18.0 Å². The molecule has 1 heterocycles. The van der Waals surface area contributed by atoms with Gasteiger partial charge in [0, 0.05) is 18.2 Å². The Morgan fingerprint density at radius 2 is 2.06 bits per heavy atom. The number of ether oxygens (including phenoxy) is 2. The molecule has 4 nitrogen and oxygen atoms in total. The largest absolute Gasteiger partial charge is 0.574 e. The van der Waals surface area contributed by atoms with Crippen molar-refractivity contribution >= 4 is 0 Å². The van der Waals surface area contributed by atoms with Gasteiger partial charge in [0.2, 0.25) is 11.8 Å². The van der Waals surface area contributed by atoms with Crippen molar-refractivity contribution in [2.75, 3.05) is 7.11 Å². The highest BCUT2D eigenvalue weighted by atomic mass is 19.4. The molecule has 1 rings (SSSR count). The molecular formula is C9H11F3N2O2. The Labute approximate surface area is 90.2 Å². The van der Waals surface area contributed by atoms with Crippen LogP contribution in [-0.4, -0.2) is 18.5 Å². The van der Waals surface area contributed by atoms with E-state index in [1.54, 1.807) is 0 Å². The van der Waals surface area contributed by atoms with E-state index in [4.69, 9.17) is 10.5 Å². The summed E-state index contributed by atoms with van der Waals surface area (Å²) in [6.45, 7) is 1.54. The van der Waals surface area contributed by atoms with Crippen LogP contribution in [0.3, 0.4) is 0 Å². The van der Waals surface area contributed by atoms with Crippen LogP contribution in [0.1, 0.15) is 11.1 Å². The molecule has 7 heteroatoms. The number of aromatic nitrogens is 1. The first-order valence-corrected chi connectivity index (χ1v) is 4.37. The predicted molar refractivity (Wildman–Crippen MR) is 50.1 cm³/mol. The average molecular weight is 236 g/mol.